The number of carbonyl (C=O) groups is 1. The van der Waals surface area contributed by atoms with Crippen LogP contribution in [0.1, 0.15) is 12.8 Å². The first-order valence-corrected chi connectivity index (χ1v) is 12.9. The van der Waals surface area contributed by atoms with E-state index in [1.807, 2.05) is 24.5 Å². The highest BCUT2D eigenvalue weighted by atomic mass is 32.2. The first-order chi connectivity index (χ1) is 14.4. The van der Waals surface area contributed by atoms with E-state index in [1.54, 1.807) is 23.1 Å². The van der Waals surface area contributed by atoms with Crippen molar-refractivity contribution in [3.8, 4) is 0 Å². The van der Waals surface area contributed by atoms with Gasteiger partial charge < -0.3 is 5.32 Å². The number of sulfonamides is 1. The van der Waals surface area contributed by atoms with Crippen LogP contribution >= 0.6 is 23.1 Å². The van der Waals surface area contributed by atoms with Crippen molar-refractivity contribution >= 4 is 54.9 Å². The van der Waals surface area contributed by atoms with Gasteiger partial charge in [-0.05, 0) is 49.4 Å². The second kappa shape index (κ2) is 8.62. The molecule has 30 heavy (non-hydrogen) atoms. The number of halogens is 1. The van der Waals surface area contributed by atoms with E-state index < -0.39 is 15.8 Å². The quantitative estimate of drug-likeness (QED) is 0.572. The van der Waals surface area contributed by atoms with Crippen LogP contribution in [0.15, 0.2) is 51.7 Å². The lowest BCUT2D eigenvalue weighted by atomic mass is 9.97. The van der Waals surface area contributed by atoms with Crippen LogP contribution in [0.25, 0.3) is 10.2 Å². The fourth-order valence-corrected chi connectivity index (χ4v) is 6.53. The van der Waals surface area contributed by atoms with E-state index in [9.17, 15) is 17.6 Å². The molecule has 1 aliphatic heterocycles. The summed E-state index contributed by atoms with van der Waals surface area (Å²) >= 11 is 3.15. The largest absolute Gasteiger partial charge is 0.326 e. The molecule has 1 amide bonds. The molecular formula is C20H20FN3O3S3. The molecule has 1 aliphatic rings. The number of hydrogen-bond acceptors (Lipinski definition) is 6. The van der Waals surface area contributed by atoms with Crippen molar-refractivity contribution in [1.82, 2.24) is 9.29 Å². The fourth-order valence-electron chi connectivity index (χ4n) is 3.46. The Morgan fingerprint density at radius 2 is 1.97 bits per heavy atom. The number of benzene rings is 2. The number of anilines is 1. The predicted octanol–water partition coefficient (Wildman–Crippen LogP) is 4.20. The number of nitrogens with zero attached hydrogens (tertiary/aromatic N) is 2. The van der Waals surface area contributed by atoms with Crippen molar-refractivity contribution in [3.05, 3.63) is 48.3 Å². The van der Waals surface area contributed by atoms with Crippen molar-refractivity contribution in [3.63, 3.8) is 0 Å². The van der Waals surface area contributed by atoms with Crippen LogP contribution < -0.4 is 5.32 Å². The van der Waals surface area contributed by atoms with Gasteiger partial charge in [0.1, 0.15) is 10.7 Å². The molecule has 1 saturated heterocycles. The van der Waals surface area contributed by atoms with Crippen LogP contribution in [0.4, 0.5) is 10.1 Å². The van der Waals surface area contributed by atoms with Crippen molar-refractivity contribution in [2.24, 2.45) is 5.92 Å². The summed E-state index contributed by atoms with van der Waals surface area (Å²) in [4.78, 5) is 16.8. The van der Waals surface area contributed by atoms with Crippen LogP contribution in [0.3, 0.4) is 0 Å². The van der Waals surface area contributed by atoms with Gasteiger partial charge in [0, 0.05) is 24.7 Å². The lowest BCUT2D eigenvalue weighted by molar-refractivity contribution is -0.120. The van der Waals surface area contributed by atoms with Gasteiger partial charge in [0.15, 0.2) is 4.34 Å². The van der Waals surface area contributed by atoms with Crippen LogP contribution in [-0.2, 0) is 14.8 Å². The van der Waals surface area contributed by atoms with Gasteiger partial charge in [-0.2, -0.15) is 4.31 Å². The maximum atomic E-state index is 13.9. The maximum Gasteiger partial charge on any atom is 0.245 e. The third-order valence-corrected chi connectivity index (χ3v) is 9.03. The van der Waals surface area contributed by atoms with Crippen molar-refractivity contribution < 1.29 is 17.6 Å². The number of aromatic nitrogens is 1. The summed E-state index contributed by atoms with van der Waals surface area (Å²) in [5.74, 6) is -1.19. The number of thioether (sulfide) groups is 1. The van der Waals surface area contributed by atoms with Crippen LogP contribution in [0.5, 0.6) is 0 Å². The Hall–Kier alpha value is -2.01. The fraction of sp³-hybridized carbons (Fsp3) is 0.300. The second-order valence-corrected chi connectivity index (χ2v) is 11.0. The second-order valence-electron chi connectivity index (χ2n) is 6.96. The summed E-state index contributed by atoms with van der Waals surface area (Å²) in [6.07, 6.45) is 2.75. The Morgan fingerprint density at radius 1 is 1.23 bits per heavy atom. The molecule has 0 aliphatic carbocycles. The molecule has 6 nitrogen and oxygen atoms in total. The zero-order valence-corrected chi connectivity index (χ0v) is 18.6. The Kier molecular flexibility index (Phi) is 6.10. The minimum absolute atomic E-state index is 0.133. The van der Waals surface area contributed by atoms with Gasteiger partial charge in [0.2, 0.25) is 15.9 Å². The number of hydrogen-bond donors (Lipinski definition) is 1. The molecule has 0 bridgehead atoms. The minimum atomic E-state index is -3.91. The van der Waals surface area contributed by atoms with E-state index in [2.05, 4.69) is 10.3 Å². The smallest absolute Gasteiger partial charge is 0.245 e. The van der Waals surface area contributed by atoms with E-state index in [0.717, 1.165) is 20.6 Å². The summed E-state index contributed by atoms with van der Waals surface area (Å²) in [5.41, 5.74) is 1.60. The number of nitrogens with one attached hydrogen (secondary N) is 1. The summed E-state index contributed by atoms with van der Waals surface area (Å²) in [7, 11) is -3.91. The highest BCUT2D eigenvalue weighted by Gasteiger charge is 2.33. The summed E-state index contributed by atoms with van der Waals surface area (Å²) in [5, 5.41) is 2.93. The molecule has 3 aromatic rings. The van der Waals surface area contributed by atoms with Crippen LogP contribution in [0.2, 0.25) is 0 Å². The van der Waals surface area contributed by atoms with Crippen molar-refractivity contribution in [2.75, 3.05) is 24.7 Å². The average Bonchev–Trinajstić information content (AvgIpc) is 3.16. The normalized spacial score (nSPS) is 16.1. The number of piperidine rings is 1. The van der Waals surface area contributed by atoms with Gasteiger partial charge in [-0.3, -0.25) is 4.79 Å². The van der Waals surface area contributed by atoms with Gasteiger partial charge in [-0.25, -0.2) is 17.8 Å². The molecular weight excluding hydrogens is 445 g/mol. The highest BCUT2D eigenvalue weighted by molar-refractivity contribution is 8.00. The highest BCUT2D eigenvalue weighted by Crippen LogP contribution is 2.31. The molecule has 0 atom stereocenters. The summed E-state index contributed by atoms with van der Waals surface area (Å²) in [6.45, 7) is 0.361. The Bertz CT molecular complexity index is 1190. The lowest BCUT2D eigenvalue weighted by Crippen LogP contribution is -2.41. The summed E-state index contributed by atoms with van der Waals surface area (Å²) < 4.78 is 42.6. The van der Waals surface area contributed by atoms with Crippen molar-refractivity contribution in [1.29, 1.82) is 0 Å². The van der Waals surface area contributed by atoms with Gasteiger partial charge in [0.25, 0.3) is 0 Å². The number of rotatable bonds is 5. The third kappa shape index (κ3) is 4.22. The molecule has 1 aromatic heterocycles. The monoisotopic (exact) mass is 465 g/mol. The zero-order chi connectivity index (χ0) is 21.3. The number of fused-ring (bicyclic) bond motifs is 1. The number of carbonyl (C=O) groups excluding carboxylic acids is 1. The first-order valence-electron chi connectivity index (χ1n) is 9.38. The molecule has 1 fully saturated rings. The van der Waals surface area contributed by atoms with Gasteiger partial charge in [-0.15, -0.1) is 11.3 Å². The van der Waals surface area contributed by atoms with Gasteiger partial charge in [-0.1, -0.05) is 23.9 Å². The average molecular weight is 466 g/mol. The van der Waals surface area contributed by atoms with Crippen LogP contribution in [-0.4, -0.2) is 43.0 Å². The summed E-state index contributed by atoms with van der Waals surface area (Å²) in [6, 6.07) is 11.0. The molecule has 2 heterocycles. The van der Waals surface area contributed by atoms with E-state index in [0.29, 0.717) is 18.5 Å². The molecule has 4 rings (SSSR count). The van der Waals surface area contributed by atoms with Crippen LogP contribution in [0, 0.1) is 11.7 Å². The molecule has 10 heteroatoms. The predicted molar refractivity (Wildman–Crippen MR) is 118 cm³/mol. The molecule has 2 aromatic carbocycles. The van der Waals surface area contributed by atoms with E-state index in [1.165, 1.54) is 22.5 Å². The Labute approximate surface area is 182 Å². The molecule has 0 saturated carbocycles. The zero-order valence-electron chi connectivity index (χ0n) is 16.2. The van der Waals surface area contributed by atoms with E-state index in [4.69, 9.17) is 0 Å². The molecule has 0 radical (unpaired) electrons. The first kappa shape index (κ1) is 21.2. The van der Waals surface area contributed by atoms with E-state index >= 15 is 0 Å². The van der Waals surface area contributed by atoms with Crippen molar-refractivity contribution in [2.45, 2.75) is 22.1 Å². The standard InChI is InChI=1S/C20H20FN3O3S3/c1-28-20-23-16-7-6-14(12-17(16)29-20)22-19(25)13-8-10-24(11-9-13)30(26,27)18-5-3-2-4-15(18)21/h2-7,12-13H,8-11H2,1H3,(H,22,25). The lowest BCUT2D eigenvalue weighted by Gasteiger charge is -2.30. The topological polar surface area (TPSA) is 79.4 Å². The molecule has 1 N–H and O–H groups in total. The molecule has 0 unspecified atom stereocenters. The maximum absolute atomic E-state index is 13.9. The molecule has 158 valence electrons. The third-order valence-electron chi connectivity index (χ3n) is 5.09. The Balaban J connectivity index is 1.40. The van der Waals surface area contributed by atoms with E-state index in [-0.39, 0.29) is 29.8 Å². The molecule has 0 spiro atoms. The SMILES string of the molecule is CSc1nc2ccc(NC(=O)C3CCN(S(=O)(=O)c4ccccc4F)CC3)cc2s1. The van der Waals surface area contributed by atoms with Gasteiger partial charge in [0.05, 0.1) is 10.2 Å². The van der Waals surface area contributed by atoms with Gasteiger partial charge >= 0.3 is 0 Å². The minimum Gasteiger partial charge on any atom is -0.326 e. The number of thiazole rings is 1. The Morgan fingerprint density at radius 3 is 2.67 bits per heavy atom. The number of amides is 1.